The second-order valence-corrected chi connectivity index (χ2v) is 3.93. The number of carboxylic acid groups (broad SMARTS) is 1. The molecule has 0 aromatic heterocycles. The van der Waals surface area contributed by atoms with E-state index in [9.17, 15) is 9.18 Å². The predicted molar refractivity (Wildman–Crippen MR) is 52.0 cm³/mol. The molecule has 4 heteroatoms. The molecule has 0 aromatic rings. The van der Waals surface area contributed by atoms with Gasteiger partial charge in [-0.25, -0.2) is 0 Å². The molecule has 1 aliphatic rings. The molecule has 1 aliphatic heterocycles. The highest BCUT2D eigenvalue weighted by Gasteiger charge is 2.22. The fourth-order valence-corrected chi connectivity index (χ4v) is 1.96. The molecular weight excluding hydrogens is 185 g/mol. The molecule has 14 heavy (non-hydrogen) atoms. The van der Waals surface area contributed by atoms with Gasteiger partial charge in [0.1, 0.15) is 0 Å². The van der Waals surface area contributed by atoms with Crippen LogP contribution < -0.4 is 0 Å². The Labute approximate surface area is 83.9 Å². The number of carboxylic acids is 1. The molecule has 0 radical (unpaired) electrons. The standard InChI is InChI=1S/C10H18FNO2/c11-5-1-6-12-7-4-9(8-12)2-3-10(13)14/h9H,1-8H2,(H,13,14). The zero-order chi connectivity index (χ0) is 10.4. The second kappa shape index (κ2) is 5.96. The zero-order valence-electron chi connectivity index (χ0n) is 8.41. The van der Waals surface area contributed by atoms with Crippen LogP contribution in [-0.4, -0.2) is 42.3 Å². The average Bonchev–Trinajstić information content (AvgIpc) is 2.59. The van der Waals surface area contributed by atoms with E-state index < -0.39 is 5.97 Å². The number of nitrogens with zero attached hydrogens (tertiary/aromatic N) is 1. The molecule has 3 nitrogen and oxygen atoms in total. The van der Waals surface area contributed by atoms with E-state index in [1.165, 1.54) is 0 Å². The highest BCUT2D eigenvalue weighted by molar-refractivity contribution is 5.66. The van der Waals surface area contributed by atoms with Gasteiger partial charge in [0.05, 0.1) is 6.67 Å². The molecule has 1 heterocycles. The molecule has 0 aliphatic carbocycles. The van der Waals surface area contributed by atoms with E-state index in [-0.39, 0.29) is 13.1 Å². The summed E-state index contributed by atoms with van der Waals surface area (Å²) >= 11 is 0. The first-order valence-electron chi connectivity index (χ1n) is 5.22. The molecule has 82 valence electrons. The lowest BCUT2D eigenvalue weighted by Gasteiger charge is -2.14. The molecule has 1 saturated heterocycles. The summed E-state index contributed by atoms with van der Waals surface area (Å²) in [6.45, 7) is 2.52. The Bertz CT molecular complexity index is 187. The maximum absolute atomic E-state index is 11.9. The average molecular weight is 203 g/mol. The van der Waals surface area contributed by atoms with E-state index in [4.69, 9.17) is 5.11 Å². The quantitative estimate of drug-likeness (QED) is 0.711. The minimum absolute atomic E-state index is 0.254. The van der Waals surface area contributed by atoms with E-state index in [1.54, 1.807) is 0 Å². The van der Waals surface area contributed by atoms with Crippen LogP contribution in [0.4, 0.5) is 4.39 Å². The maximum Gasteiger partial charge on any atom is 0.303 e. The van der Waals surface area contributed by atoms with Crippen molar-refractivity contribution in [3.63, 3.8) is 0 Å². The Kier molecular flexibility index (Phi) is 4.87. The molecule has 1 atom stereocenters. The van der Waals surface area contributed by atoms with Crippen LogP contribution in [0, 0.1) is 5.92 Å². The van der Waals surface area contributed by atoms with Gasteiger partial charge >= 0.3 is 5.97 Å². The SMILES string of the molecule is O=C(O)CCC1CCN(CCCF)C1. The van der Waals surface area contributed by atoms with Crippen LogP contribution in [0.25, 0.3) is 0 Å². The number of alkyl halides is 1. The Balaban J connectivity index is 2.10. The summed E-state index contributed by atoms with van der Waals surface area (Å²) < 4.78 is 11.9. The Morgan fingerprint density at radius 1 is 1.57 bits per heavy atom. The van der Waals surface area contributed by atoms with Gasteiger partial charge in [0, 0.05) is 19.5 Å². The van der Waals surface area contributed by atoms with Crippen molar-refractivity contribution < 1.29 is 14.3 Å². The summed E-state index contributed by atoms with van der Waals surface area (Å²) in [6, 6.07) is 0. The van der Waals surface area contributed by atoms with E-state index in [0.717, 1.165) is 32.5 Å². The molecule has 0 amide bonds. The van der Waals surface area contributed by atoms with Crippen LogP contribution in [0.5, 0.6) is 0 Å². The van der Waals surface area contributed by atoms with Crippen molar-refractivity contribution in [2.24, 2.45) is 5.92 Å². The van der Waals surface area contributed by atoms with Crippen molar-refractivity contribution in [1.29, 1.82) is 0 Å². The number of rotatable bonds is 6. The smallest absolute Gasteiger partial charge is 0.303 e. The highest BCUT2D eigenvalue weighted by atomic mass is 19.1. The van der Waals surface area contributed by atoms with Gasteiger partial charge in [0.25, 0.3) is 0 Å². The van der Waals surface area contributed by atoms with E-state index in [0.29, 0.717) is 12.3 Å². The summed E-state index contributed by atoms with van der Waals surface area (Å²) in [6.07, 6.45) is 2.70. The van der Waals surface area contributed by atoms with Crippen LogP contribution >= 0.6 is 0 Å². The molecule has 0 bridgehead atoms. The Morgan fingerprint density at radius 3 is 3.00 bits per heavy atom. The topological polar surface area (TPSA) is 40.5 Å². The van der Waals surface area contributed by atoms with Crippen LogP contribution in [0.15, 0.2) is 0 Å². The third kappa shape index (κ3) is 4.05. The molecule has 1 N–H and O–H groups in total. The predicted octanol–water partition coefficient (Wildman–Crippen LogP) is 1.53. The van der Waals surface area contributed by atoms with Crippen LogP contribution in [0.1, 0.15) is 25.7 Å². The number of likely N-dealkylation sites (tertiary alicyclic amines) is 1. The van der Waals surface area contributed by atoms with E-state index >= 15 is 0 Å². The van der Waals surface area contributed by atoms with Gasteiger partial charge in [0.15, 0.2) is 0 Å². The Morgan fingerprint density at radius 2 is 2.36 bits per heavy atom. The molecule has 1 rings (SSSR count). The summed E-state index contributed by atoms with van der Waals surface area (Å²) in [5.41, 5.74) is 0. The molecular formula is C10H18FNO2. The van der Waals surface area contributed by atoms with Gasteiger partial charge in [-0.3, -0.25) is 9.18 Å². The van der Waals surface area contributed by atoms with Gasteiger partial charge in [-0.1, -0.05) is 0 Å². The van der Waals surface area contributed by atoms with Crippen LogP contribution in [0.2, 0.25) is 0 Å². The van der Waals surface area contributed by atoms with Gasteiger partial charge in [-0.15, -0.1) is 0 Å². The third-order valence-electron chi connectivity index (χ3n) is 2.74. The lowest BCUT2D eigenvalue weighted by atomic mass is 10.0. The third-order valence-corrected chi connectivity index (χ3v) is 2.74. The Hall–Kier alpha value is -0.640. The number of hydrogen-bond donors (Lipinski definition) is 1. The number of hydrogen-bond acceptors (Lipinski definition) is 2. The fraction of sp³-hybridized carbons (Fsp3) is 0.900. The van der Waals surface area contributed by atoms with Crippen molar-refractivity contribution in [3.8, 4) is 0 Å². The van der Waals surface area contributed by atoms with Crippen molar-refractivity contribution in [1.82, 2.24) is 4.90 Å². The van der Waals surface area contributed by atoms with Crippen molar-refractivity contribution in [3.05, 3.63) is 0 Å². The lowest BCUT2D eigenvalue weighted by molar-refractivity contribution is -0.137. The normalized spacial score (nSPS) is 22.8. The molecule has 0 spiro atoms. The van der Waals surface area contributed by atoms with Crippen molar-refractivity contribution in [2.75, 3.05) is 26.3 Å². The number of carbonyl (C=O) groups is 1. The number of aliphatic carboxylic acids is 1. The minimum atomic E-state index is -0.716. The maximum atomic E-state index is 11.9. The first-order valence-corrected chi connectivity index (χ1v) is 5.22. The highest BCUT2D eigenvalue weighted by Crippen LogP contribution is 2.20. The summed E-state index contributed by atoms with van der Waals surface area (Å²) in [4.78, 5) is 12.6. The molecule has 1 fully saturated rings. The summed E-state index contributed by atoms with van der Waals surface area (Å²) in [7, 11) is 0. The van der Waals surface area contributed by atoms with Gasteiger partial charge in [-0.2, -0.15) is 0 Å². The monoisotopic (exact) mass is 203 g/mol. The fourth-order valence-electron chi connectivity index (χ4n) is 1.96. The van der Waals surface area contributed by atoms with Crippen LogP contribution in [-0.2, 0) is 4.79 Å². The van der Waals surface area contributed by atoms with Gasteiger partial charge in [-0.05, 0) is 31.7 Å². The van der Waals surface area contributed by atoms with Gasteiger partial charge in [0.2, 0.25) is 0 Å². The van der Waals surface area contributed by atoms with Crippen molar-refractivity contribution in [2.45, 2.75) is 25.7 Å². The van der Waals surface area contributed by atoms with E-state index in [1.807, 2.05) is 0 Å². The van der Waals surface area contributed by atoms with Crippen LogP contribution in [0.3, 0.4) is 0 Å². The number of halogens is 1. The summed E-state index contributed by atoms with van der Waals surface area (Å²) in [5, 5.41) is 8.52. The lowest BCUT2D eigenvalue weighted by Crippen LogP contribution is -2.22. The van der Waals surface area contributed by atoms with Gasteiger partial charge < -0.3 is 10.0 Å². The minimum Gasteiger partial charge on any atom is -0.481 e. The largest absolute Gasteiger partial charge is 0.481 e. The van der Waals surface area contributed by atoms with Crippen molar-refractivity contribution >= 4 is 5.97 Å². The first-order chi connectivity index (χ1) is 6.72. The molecule has 0 aromatic carbocycles. The zero-order valence-corrected chi connectivity index (χ0v) is 8.41. The summed E-state index contributed by atoms with van der Waals surface area (Å²) in [5.74, 6) is -0.210. The first kappa shape index (κ1) is 11.4. The molecule has 0 saturated carbocycles. The van der Waals surface area contributed by atoms with E-state index in [2.05, 4.69) is 4.90 Å². The molecule has 1 unspecified atom stereocenters. The second-order valence-electron chi connectivity index (χ2n) is 3.93.